The zero-order valence-corrected chi connectivity index (χ0v) is 15.2. The molecule has 0 saturated carbocycles. The predicted octanol–water partition coefficient (Wildman–Crippen LogP) is 2.90. The van der Waals surface area contributed by atoms with Crippen LogP contribution >= 0.6 is 0 Å². The number of aromatic nitrogens is 1. The smallest absolute Gasteiger partial charge is 0.225 e. The molecule has 1 amide bonds. The van der Waals surface area contributed by atoms with Crippen LogP contribution in [-0.4, -0.2) is 25.9 Å². The second-order valence-electron chi connectivity index (χ2n) is 6.73. The van der Waals surface area contributed by atoms with E-state index in [9.17, 15) is 17.6 Å². The molecule has 1 N–H and O–H groups in total. The maximum atomic E-state index is 13.1. The number of nitrogens with one attached hydrogen (secondary N) is 1. The van der Waals surface area contributed by atoms with Crippen LogP contribution < -0.4 is 5.32 Å². The van der Waals surface area contributed by atoms with E-state index in [1.807, 2.05) is 0 Å². The Labute approximate surface area is 147 Å². The molecule has 0 fully saturated rings. The Morgan fingerprint density at radius 1 is 1.20 bits per heavy atom. The molecular weight excluding hydrogens is 343 g/mol. The summed E-state index contributed by atoms with van der Waals surface area (Å²) >= 11 is 0. The summed E-state index contributed by atoms with van der Waals surface area (Å²) in [6.45, 7) is 5.14. The summed E-state index contributed by atoms with van der Waals surface area (Å²) in [6, 6.07) is 7.91. The van der Waals surface area contributed by atoms with Crippen LogP contribution in [0.5, 0.6) is 0 Å². The molecule has 0 aliphatic carbocycles. The molecule has 134 valence electrons. The van der Waals surface area contributed by atoms with Crippen molar-refractivity contribution in [2.45, 2.75) is 30.9 Å². The largest absolute Gasteiger partial charge is 0.354 e. The van der Waals surface area contributed by atoms with Gasteiger partial charge in [-0.1, -0.05) is 26.8 Å². The van der Waals surface area contributed by atoms with Gasteiger partial charge in [-0.05, 0) is 35.9 Å². The van der Waals surface area contributed by atoms with Crippen molar-refractivity contribution >= 4 is 15.7 Å². The number of hydrogen-bond acceptors (Lipinski definition) is 4. The quantitative estimate of drug-likeness (QED) is 0.828. The van der Waals surface area contributed by atoms with Crippen molar-refractivity contribution in [3.63, 3.8) is 0 Å². The molecule has 0 radical (unpaired) electrons. The Kier molecular flexibility index (Phi) is 5.57. The Morgan fingerprint density at radius 2 is 1.84 bits per heavy atom. The van der Waals surface area contributed by atoms with Gasteiger partial charge in [-0.2, -0.15) is 0 Å². The Morgan fingerprint density at radius 3 is 2.36 bits per heavy atom. The first kappa shape index (κ1) is 19.1. The molecule has 0 saturated heterocycles. The number of carbonyl (C=O) groups is 1. The first-order chi connectivity index (χ1) is 11.6. The van der Waals surface area contributed by atoms with Gasteiger partial charge in [-0.25, -0.2) is 12.8 Å². The number of amides is 1. The maximum Gasteiger partial charge on any atom is 0.225 e. The minimum absolute atomic E-state index is 0.00670. The fraction of sp³-hybridized carbons (Fsp3) is 0.333. The highest BCUT2D eigenvalue weighted by Crippen LogP contribution is 2.28. The van der Waals surface area contributed by atoms with Crippen LogP contribution in [0.25, 0.3) is 0 Å². The topological polar surface area (TPSA) is 76.1 Å². The van der Waals surface area contributed by atoms with Crippen LogP contribution in [-0.2, 0) is 14.6 Å². The molecule has 25 heavy (non-hydrogen) atoms. The third-order valence-corrected chi connectivity index (χ3v) is 5.82. The molecule has 0 aliphatic rings. The van der Waals surface area contributed by atoms with Gasteiger partial charge >= 0.3 is 0 Å². The van der Waals surface area contributed by atoms with E-state index < -0.39 is 26.3 Å². The second kappa shape index (κ2) is 7.31. The Balaban J connectivity index is 2.38. The summed E-state index contributed by atoms with van der Waals surface area (Å²) in [5.41, 5.74) is -0.180. The lowest BCUT2D eigenvalue weighted by Crippen LogP contribution is -2.38. The van der Waals surface area contributed by atoms with E-state index in [2.05, 4.69) is 10.3 Å². The van der Waals surface area contributed by atoms with Crippen LogP contribution in [0.15, 0.2) is 53.7 Å². The second-order valence-corrected chi connectivity index (χ2v) is 8.86. The standard InChI is InChI=1S/C18H21FN2O3S/c1-18(2,3)17(22)21-12-16(13-5-4-10-20-11-13)25(23,24)15-8-6-14(19)7-9-15/h4-11,16H,12H2,1-3H3,(H,21,22). The van der Waals surface area contributed by atoms with Crippen molar-refractivity contribution in [1.82, 2.24) is 10.3 Å². The SMILES string of the molecule is CC(C)(C)C(=O)NCC(c1cccnc1)S(=O)(=O)c1ccc(F)cc1. The van der Waals surface area contributed by atoms with E-state index in [1.54, 1.807) is 39.1 Å². The van der Waals surface area contributed by atoms with Gasteiger partial charge in [0.1, 0.15) is 11.1 Å². The number of halogens is 1. The van der Waals surface area contributed by atoms with Crippen molar-refractivity contribution in [3.05, 3.63) is 60.2 Å². The maximum absolute atomic E-state index is 13.1. The van der Waals surface area contributed by atoms with Crippen LogP contribution in [0.3, 0.4) is 0 Å². The highest BCUT2D eigenvalue weighted by molar-refractivity contribution is 7.91. The van der Waals surface area contributed by atoms with Crippen molar-refractivity contribution in [2.24, 2.45) is 5.41 Å². The van der Waals surface area contributed by atoms with E-state index in [0.717, 1.165) is 12.1 Å². The number of pyridine rings is 1. The van der Waals surface area contributed by atoms with Crippen molar-refractivity contribution < 1.29 is 17.6 Å². The zero-order valence-electron chi connectivity index (χ0n) is 14.4. The average molecular weight is 364 g/mol. The molecular formula is C18H21FN2O3S. The highest BCUT2D eigenvalue weighted by atomic mass is 32.2. The van der Waals surface area contributed by atoms with Gasteiger partial charge in [0.25, 0.3) is 0 Å². The number of nitrogens with zero attached hydrogens (tertiary/aromatic N) is 1. The van der Waals surface area contributed by atoms with E-state index in [4.69, 9.17) is 0 Å². The minimum Gasteiger partial charge on any atom is -0.354 e. The molecule has 0 spiro atoms. The molecule has 5 nitrogen and oxygen atoms in total. The molecule has 2 aromatic rings. The number of hydrogen-bond donors (Lipinski definition) is 1. The molecule has 1 atom stereocenters. The van der Waals surface area contributed by atoms with Crippen LogP contribution in [0.2, 0.25) is 0 Å². The Bertz CT molecular complexity index is 829. The summed E-state index contributed by atoms with van der Waals surface area (Å²) < 4.78 is 39.1. The van der Waals surface area contributed by atoms with E-state index in [-0.39, 0.29) is 17.3 Å². The van der Waals surface area contributed by atoms with E-state index >= 15 is 0 Å². The van der Waals surface area contributed by atoms with Crippen LogP contribution in [0.1, 0.15) is 31.6 Å². The lowest BCUT2D eigenvalue weighted by atomic mass is 9.95. The lowest BCUT2D eigenvalue weighted by Gasteiger charge is -2.22. The normalized spacial score (nSPS) is 13.3. The molecule has 1 heterocycles. The van der Waals surface area contributed by atoms with Gasteiger partial charge in [0.2, 0.25) is 5.91 Å². The first-order valence-corrected chi connectivity index (χ1v) is 9.34. The minimum atomic E-state index is -3.83. The van der Waals surface area contributed by atoms with Gasteiger partial charge in [0.05, 0.1) is 4.90 Å². The summed E-state index contributed by atoms with van der Waals surface area (Å²) in [4.78, 5) is 16.1. The molecule has 1 aromatic heterocycles. The first-order valence-electron chi connectivity index (χ1n) is 7.80. The molecule has 1 unspecified atom stereocenters. The monoisotopic (exact) mass is 364 g/mol. The van der Waals surface area contributed by atoms with Crippen molar-refractivity contribution in [3.8, 4) is 0 Å². The number of benzene rings is 1. The van der Waals surface area contributed by atoms with Gasteiger partial charge < -0.3 is 5.32 Å². The Hall–Kier alpha value is -2.28. The van der Waals surface area contributed by atoms with Crippen molar-refractivity contribution in [1.29, 1.82) is 0 Å². The number of rotatable bonds is 5. The summed E-state index contributed by atoms with van der Waals surface area (Å²) in [6.07, 6.45) is 2.99. The summed E-state index contributed by atoms with van der Waals surface area (Å²) in [5, 5.41) is 1.67. The summed E-state index contributed by atoms with van der Waals surface area (Å²) in [7, 11) is -3.83. The van der Waals surface area contributed by atoms with Gasteiger partial charge in [-0.3, -0.25) is 9.78 Å². The number of sulfone groups is 1. The third-order valence-electron chi connectivity index (χ3n) is 3.70. The van der Waals surface area contributed by atoms with Gasteiger partial charge in [0, 0.05) is 24.4 Å². The lowest BCUT2D eigenvalue weighted by molar-refractivity contribution is -0.128. The van der Waals surface area contributed by atoms with Gasteiger partial charge in [-0.15, -0.1) is 0 Å². The van der Waals surface area contributed by atoms with Gasteiger partial charge in [0.15, 0.2) is 9.84 Å². The average Bonchev–Trinajstić information content (AvgIpc) is 2.55. The molecule has 7 heteroatoms. The molecule has 2 rings (SSSR count). The summed E-state index contributed by atoms with van der Waals surface area (Å²) in [5.74, 6) is -0.770. The van der Waals surface area contributed by atoms with Crippen molar-refractivity contribution in [2.75, 3.05) is 6.54 Å². The van der Waals surface area contributed by atoms with E-state index in [0.29, 0.717) is 5.56 Å². The fourth-order valence-corrected chi connectivity index (χ4v) is 3.86. The number of carbonyl (C=O) groups excluding carboxylic acids is 1. The highest BCUT2D eigenvalue weighted by Gasteiger charge is 2.31. The zero-order chi connectivity index (χ0) is 18.7. The van der Waals surface area contributed by atoms with Crippen LogP contribution in [0, 0.1) is 11.2 Å². The molecule has 0 bridgehead atoms. The predicted molar refractivity (Wildman–Crippen MR) is 93.0 cm³/mol. The molecule has 1 aromatic carbocycles. The third kappa shape index (κ3) is 4.63. The van der Waals surface area contributed by atoms with Crippen LogP contribution in [0.4, 0.5) is 4.39 Å². The fourth-order valence-electron chi connectivity index (χ4n) is 2.21. The molecule has 0 aliphatic heterocycles. The van der Waals surface area contributed by atoms with E-state index in [1.165, 1.54) is 18.3 Å².